The van der Waals surface area contributed by atoms with Crippen LogP contribution in [0.3, 0.4) is 0 Å². The summed E-state index contributed by atoms with van der Waals surface area (Å²) in [7, 11) is 3.04. The molecule has 0 aliphatic heterocycles. The minimum absolute atomic E-state index is 0.195. The molecule has 0 aliphatic carbocycles. The van der Waals surface area contributed by atoms with Crippen molar-refractivity contribution >= 4 is 11.9 Å². The maximum Gasteiger partial charge on any atom is 0.305 e. The second kappa shape index (κ2) is 9.62. The first kappa shape index (κ1) is 20.3. The summed E-state index contributed by atoms with van der Waals surface area (Å²) in [6.45, 7) is 2.00. The van der Waals surface area contributed by atoms with Crippen molar-refractivity contribution in [3.8, 4) is 11.5 Å². The third kappa shape index (κ3) is 5.74. The maximum atomic E-state index is 12.4. The average Bonchev–Trinajstić information content (AvgIpc) is 2.66. The number of carbonyl (C=O) groups excluding carboxylic acids is 1. The van der Waals surface area contributed by atoms with Gasteiger partial charge in [-0.2, -0.15) is 0 Å². The molecule has 2 N–H and O–H groups in total. The lowest BCUT2D eigenvalue weighted by molar-refractivity contribution is -0.137. The number of nitrogens with one attached hydrogen (secondary N) is 1. The van der Waals surface area contributed by atoms with Crippen molar-refractivity contribution in [2.24, 2.45) is 0 Å². The first-order valence-electron chi connectivity index (χ1n) is 8.72. The Labute approximate surface area is 159 Å². The van der Waals surface area contributed by atoms with Gasteiger partial charge in [0.25, 0.3) is 0 Å². The second-order valence-corrected chi connectivity index (χ2v) is 6.26. The summed E-state index contributed by atoms with van der Waals surface area (Å²) in [6, 6.07) is 12.4. The van der Waals surface area contributed by atoms with Gasteiger partial charge in [0, 0.05) is 6.42 Å². The highest BCUT2D eigenvalue weighted by Crippen LogP contribution is 2.31. The van der Waals surface area contributed by atoms with Crippen LogP contribution in [-0.4, -0.2) is 31.2 Å². The van der Waals surface area contributed by atoms with Crippen molar-refractivity contribution in [3.63, 3.8) is 0 Å². The van der Waals surface area contributed by atoms with Gasteiger partial charge in [-0.1, -0.05) is 30.3 Å². The van der Waals surface area contributed by atoms with Gasteiger partial charge in [-0.05, 0) is 42.2 Å². The number of ether oxygens (including phenoxy) is 2. The molecule has 0 aromatic heterocycles. The van der Waals surface area contributed by atoms with Crippen LogP contribution >= 0.6 is 0 Å². The van der Waals surface area contributed by atoms with Crippen molar-refractivity contribution in [2.75, 3.05) is 14.2 Å². The van der Waals surface area contributed by atoms with E-state index in [0.717, 1.165) is 11.1 Å². The summed E-state index contributed by atoms with van der Waals surface area (Å²) in [4.78, 5) is 23.7. The van der Waals surface area contributed by atoms with Crippen LogP contribution in [0.4, 0.5) is 0 Å². The summed E-state index contributed by atoms with van der Waals surface area (Å²) >= 11 is 0. The molecule has 144 valence electrons. The molecule has 0 saturated carbocycles. The highest BCUT2D eigenvalue weighted by atomic mass is 16.5. The molecule has 0 bridgehead atoms. The van der Waals surface area contributed by atoms with Crippen LogP contribution in [0.25, 0.3) is 0 Å². The normalized spacial score (nSPS) is 11.5. The predicted molar refractivity (Wildman–Crippen MR) is 102 cm³/mol. The number of benzene rings is 2. The smallest absolute Gasteiger partial charge is 0.305 e. The first-order valence-corrected chi connectivity index (χ1v) is 8.72. The van der Waals surface area contributed by atoms with Gasteiger partial charge in [-0.15, -0.1) is 0 Å². The first-order chi connectivity index (χ1) is 12.9. The lowest BCUT2D eigenvalue weighted by Gasteiger charge is -2.19. The van der Waals surface area contributed by atoms with E-state index in [1.54, 1.807) is 18.2 Å². The molecule has 2 aromatic carbocycles. The third-order valence-electron chi connectivity index (χ3n) is 4.41. The topological polar surface area (TPSA) is 84.9 Å². The van der Waals surface area contributed by atoms with Crippen LogP contribution in [0.2, 0.25) is 0 Å². The number of rotatable bonds is 9. The van der Waals surface area contributed by atoms with Crippen molar-refractivity contribution in [2.45, 2.75) is 32.2 Å². The molecule has 2 rings (SSSR count). The summed E-state index contributed by atoms with van der Waals surface area (Å²) in [6.07, 6.45) is 0.671. The second-order valence-electron chi connectivity index (χ2n) is 6.26. The number of methoxy groups -OCH3 is 2. The molecule has 27 heavy (non-hydrogen) atoms. The van der Waals surface area contributed by atoms with Gasteiger partial charge >= 0.3 is 5.97 Å². The quantitative estimate of drug-likeness (QED) is 0.707. The van der Waals surface area contributed by atoms with Gasteiger partial charge < -0.3 is 19.9 Å². The van der Waals surface area contributed by atoms with E-state index in [9.17, 15) is 14.7 Å². The number of hydrogen-bond acceptors (Lipinski definition) is 4. The lowest BCUT2D eigenvalue weighted by Crippen LogP contribution is -2.30. The van der Waals surface area contributed by atoms with Crippen molar-refractivity contribution < 1.29 is 24.2 Å². The average molecular weight is 371 g/mol. The van der Waals surface area contributed by atoms with Crippen LogP contribution in [0.5, 0.6) is 11.5 Å². The number of hydrogen-bond donors (Lipinski definition) is 2. The summed E-state index contributed by atoms with van der Waals surface area (Å²) in [5, 5.41) is 12.0. The molecule has 1 amide bonds. The van der Waals surface area contributed by atoms with Gasteiger partial charge in [0.15, 0.2) is 11.5 Å². The minimum atomic E-state index is -0.992. The van der Waals surface area contributed by atoms with Crippen LogP contribution in [0.1, 0.15) is 35.6 Å². The van der Waals surface area contributed by atoms with E-state index in [1.807, 2.05) is 31.2 Å². The Bertz CT molecular complexity index is 803. The molecule has 0 saturated heterocycles. The molecule has 0 aliphatic rings. The summed E-state index contributed by atoms with van der Waals surface area (Å²) in [5.41, 5.74) is 2.89. The molecule has 6 heteroatoms. The van der Waals surface area contributed by atoms with E-state index in [-0.39, 0.29) is 18.7 Å². The molecule has 1 atom stereocenters. The lowest BCUT2D eigenvalue weighted by atomic mass is 10.0. The zero-order valence-corrected chi connectivity index (χ0v) is 15.8. The van der Waals surface area contributed by atoms with Crippen molar-refractivity contribution in [3.05, 3.63) is 59.2 Å². The van der Waals surface area contributed by atoms with Crippen LogP contribution < -0.4 is 14.8 Å². The van der Waals surface area contributed by atoms with E-state index in [4.69, 9.17) is 9.47 Å². The zero-order valence-electron chi connectivity index (χ0n) is 15.8. The van der Waals surface area contributed by atoms with Gasteiger partial charge in [0.2, 0.25) is 5.91 Å². The van der Waals surface area contributed by atoms with E-state index in [0.29, 0.717) is 23.5 Å². The van der Waals surface area contributed by atoms with Crippen molar-refractivity contribution in [1.29, 1.82) is 0 Å². The summed E-state index contributed by atoms with van der Waals surface area (Å²) in [5.74, 6) is -0.158. The molecule has 0 spiro atoms. The molecule has 1 unspecified atom stereocenters. The highest BCUT2D eigenvalue weighted by Gasteiger charge is 2.20. The van der Waals surface area contributed by atoms with Gasteiger partial charge in [-0.25, -0.2) is 0 Å². The molecular formula is C21H25NO5. The molecule has 6 nitrogen and oxygen atoms in total. The Balaban J connectivity index is 2.11. The fourth-order valence-corrected chi connectivity index (χ4v) is 2.90. The standard InChI is InChI=1S/C21H25NO5/c1-14-6-4-5-7-15(14)9-11-20(23)22-17(13-21(24)25)16-8-10-18(26-2)19(12-16)27-3/h4-8,10,12,17H,9,11,13H2,1-3H3,(H,22,23)(H,24,25). The number of aliphatic carboxylic acids is 1. The van der Waals surface area contributed by atoms with Gasteiger partial charge in [0.1, 0.15) is 0 Å². The fraction of sp³-hybridized carbons (Fsp3) is 0.333. The zero-order chi connectivity index (χ0) is 19.8. The largest absolute Gasteiger partial charge is 0.493 e. The summed E-state index contributed by atoms with van der Waals surface area (Å²) < 4.78 is 10.5. The van der Waals surface area contributed by atoms with E-state index >= 15 is 0 Å². The Hall–Kier alpha value is -3.02. The molecule has 2 aromatic rings. The SMILES string of the molecule is COc1ccc(C(CC(=O)O)NC(=O)CCc2ccccc2C)cc1OC. The predicted octanol–water partition coefficient (Wildman–Crippen LogP) is 3.28. The molecule has 0 fully saturated rings. The molecule has 0 radical (unpaired) electrons. The van der Waals surface area contributed by atoms with Gasteiger partial charge in [0.05, 0.1) is 26.7 Å². The van der Waals surface area contributed by atoms with E-state index in [1.165, 1.54) is 14.2 Å². The Morgan fingerprint density at radius 2 is 1.78 bits per heavy atom. The third-order valence-corrected chi connectivity index (χ3v) is 4.41. The fourth-order valence-electron chi connectivity index (χ4n) is 2.90. The Morgan fingerprint density at radius 1 is 1.07 bits per heavy atom. The van der Waals surface area contributed by atoms with Crippen LogP contribution in [0, 0.1) is 6.92 Å². The number of carboxylic acids is 1. The van der Waals surface area contributed by atoms with E-state index < -0.39 is 12.0 Å². The number of aryl methyl sites for hydroxylation is 2. The number of carboxylic acid groups (broad SMARTS) is 1. The van der Waals surface area contributed by atoms with E-state index in [2.05, 4.69) is 5.32 Å². The Morgan fingerprint density at radius 3 is 2.41 bits per heavy atom. The van der Waals surface area contributed by atoms with Gasteiger partial charge in [-0.3, -0.25) is 9.59 Å². The van der Waals surface area contributed by atoms with Crippen molar-refractivity contribution in [1.82, 2.24) is 5.32 Å². The Kier molecular flexibility index (Phi) is 7.23. The number of carbonyl (C=O) groups is 2. The monoisotopic (exact) mass is 371 g/mol. The number of amides is 1. The molecular weight excluding hydrogens is 346 g/mol. The maximum absolute atomic E-state index is 12.4. The molecule has 0 heterocycles. The minimum Gasteiger partial charge on any atom is -0.493 e. The highest BCUT2D eigenvalue weighted by molar-refractivity contribution is 5.78. The van der Waals surface area contributed by atoms with Crippen LogP contribution in [0.15, 0.2) is 42.5 Å². The van der Waals surface area contributed by atoms with Crippen LogP contribution in [-0.2, 0) is 16.0 Å².